The summed E-state index contributed by atoms with van der Waals surface area (Å²) in [6.45, 7) is 0. The summed E-state index contributed by atoms with van der Waals surface area (Å²) in [5.41, 5.74) is 0.942. The lowest BCUT2D eigenvalue weighted by atomic mass is 10.1. The van der Waals surface area contributed by atoms with Crippen molar-refractivity contribution in [1.29, 1.82) is 0 Å². The maximum Gasteiger partial charge on any atom is 0.336 e. The van der Waals surface area contributed by atoms with E-state index in [0.29, 0.717) is 0 Å². The highest BCUT2D eigenvalue weighted by molar-refractivity contribution is 5.92. The normalized spacial score (nSPS) is 10.5. The number of aromatic nitrogens is 3. The van der Waals surface area contributed by atoms with Crippen LogP contribution in [0.1, 0.15) is 5.56 Å². The Morgan fingerprint density at radius 2 is 2.05 bits per heavy atom. The zero-order valence-corrected chi connectivity index (χ0v) is 11.5. The van der Waals surface area contributed by atoms with Crippen molar-refractivity contribution in [1.82, 2.24) is 15.2 Å². The average Bonchev–Trinajstić information content (AvgIpc) is 2.94. The molecule has 1 aromatic heterocycles. The first-order valence-electron chi connectivity index (χ1n) is 6.48. The highest BCUT2D eigenvalue weighted by Gasteiger charge is 2.08. The second kappa shape index (κ2) is 5.62. The molecule has 6 nitrogen and oxygen atoms in total. The number of fused-ring (bicyclic) bond motifs is 1. The lowest BCUT2D eigenvalue weighted by molar-refractivity contribution is -0.115. The van der Waals surface area contributed by atoms with Crippen molar-refractivity contribution in [3.63, 3.8) is 0 Å². The molecule has 106 valence electrons. The predicted octanol–water partition coefficient (Wildman–Crippen LogP) is 2.15. The minimum atomic E-state index is -0.163. The molecule has 0 saturated heterocycles. The number of rotatable bonds is 4. The van der Waals surface area contributed by atoms with Gasteiger partial charge in [-0.15, -0.1) is 5.10 Å². The molecule has 0 fully saturated rings. The third-order valence-electron chi connectivity index (χ3n) is 3.08. The minimum Gasteiger partial charge on any atom is -0.466 e. The third-order valence-corrected chi connectivity index (χ3v) is 3.08. The standard InChI is InChI=1S/C15H14N4O2/c1-21-15-17-14(18-19-15)16-13(20)9-10-6-7-11-4-2-3-5-12(11)8-10/h2-8H,9H2,1H3,(H2,16,17,18,19,20). The van der Waals surface area contributed by atoms with Crippen molar-refractivity contribution < 1.29 is 9.53 Å². The van der Waals surface area contributed by atoms with Crippen LogP contribution in [0.2, 0.25) is 0 Å². The number of nitrogens with zero attached hydrogens (tertiary/aromatic N) is 2. The van der Waals surface area contributed by atoms with Gasteiger partial charge in [0.05, 0.1) is 13.5 Å². The Kier molecular flexibility index (Phi) is 3.51. The molecule has 2 N–H and O–H groups in total. The molecule has 0 spiro atoms. The van der Waals surface area contributed by atoms with Gasteiger partial charge < -0.3 is 4.74 Å². The number of H-pyrrole nitrogens is 1. The molecular weight excluding hydrogens is 268 g/mol. The monoisotopic (exact) mass is 282 g/mol. The quantitative estimate of drug-likeness (QED) is 0.768. The van der Waals surface area contributed by atoms with E-state index in [-0.39, 0.29) is 24.3 Å². The highest BCUT2D eigenvalue weighted by Crippen LogP contribution is 2.16. The van der Waals surface area contributed by atoms with Crippen LogP contribution in [0.25, 0.3) is 10.8 Å². The number of nitrogens with one attached hydrogen (secondary N) is 2. The number of aromatic amines is 1. The molecule has 1 amide bonds. The first-order valence-corrected chi connectivity index (χ1v) is 6.48. The lowest BCUT2D eigenvalue weighted by Gasteiger charge is -2.04. The number of carbonyl (C=O) groups excluding carboxylic acids is 1. The van der Waals surface area contributed by atoms with Crippen molar-refractivity contribution in [3.05, 3.63) is 48.0 Å². The molecule has 1 heterocycles. The summed E-state index contributed by atoms with van der Waals surface area (Å²) in [5, 5.41) is 11.3. The molecule has 0 saturated carbocycles. The summed E-state index contributed by atoms with van der Waals surface area (Å²) in [6.07, 6.45) is 0.272. The molecule has 3 rings (SSSR count). The van der Waals surface area contributed by atoms with Crippen LogP contribution >= 0.6 is 0 Å². The summed E-state index contributed by atoms with van der Waals surface area (Å²) in [4.78, 5) is 15.9. The van der Waals surface area contributed by atoms with Gasteiger partial charge in [-0.25, -0.2) is 5.10 Å². The van der Waals surface area contributed by atoms with Crippen LogP contribution < -0.4 is 10.1 Å². The van der Waals surface area contributed by atoms with Gasteiger partial charge in [0, 0.05) is 0 Å². The largest absolute Gasteiger partial charge is 0.466 e. The maximum absolute atomic E-state index is 12.0. The molecule has 0 bridgehead atoms. The second-order valence-electron chi connectivity index (χ2n) is 4.58. The fourth-order valence-electron chi connectivity index (χ4n) is 2.10. The first kappa shape index (κ1) is 13.1. The average molecular weight is 282 g/mol. The second-order valence-corrected chi connectivity index (χ2v) is 4.58. The summed E-state index contributed by atoms with van der Waals surface area (Å²) < 4.78 is 4.84. The van der Waals surface area contributed by atoms with Gasteiger partial charge in [0.2, 0.25) is 11.9 Å². The van der Waals surface area contributed by atoms with E-state index in [0.717, 1.165) is 16.3 Å². The van der Waals surface area contributed by atoms with Crippen molar-refractivity contribution in [2.45, 2.75) is 6.42 Å². The fraction of sp³-hybridized carbons (Fsp3) is 0.133. The van der Waals surface area contributed by atoms with Gasteiger partial charge >= 0.3 is 6.01 Å². The van der Waals surface area contributed by atoms with E-state index in [1.165, 1.54) is 7.11 Å². The van der Waals surface area contributed by atoms with E-state index in [4.69, 9.17) is 4.74 Å². The van der Waals surface area contributed by atoms with Gasteiger partial charge in [-0.05, 0) is 16.3 Å². The van der Waals surface area contributed by atoms with Gasteiger partial charge in [0.15, 0.2) is 0 Å². The Morgan fingerprint density at radius 3 is 2.81 bits per heavy atom. The fourth-order valence-corrected chi connectivity index (χ4v) is 2.10. The number of anilines is 1. The maximum atomic E-state index is 12.0. The van der Waals surface area contributed by atoms with Gasteiger partial charge in [-0.1, -0.05) is 42.5 Å². The number of hydrogen-bond acceptors (Lipinski definition) is 4. The Labute approximate surface area is 121 Å². The molecule has 21 heavy (non-hydrogen) atoms. The van der Waals surface area contributed by atoms with Crippen LogP contribution in [0.3, 0.4) is 0 Å². The van der Waals surface area contributed by atoms with Crippen LogP contribution in [-0.2, 0) is 11.2 Å². The smallest absolute Gasteiger partial charge is 0.336 e. The summed E-state index contributed by atoms with van der Waals surface area (Å²) in [7, 11) is 1.46. The number of ether oxygens (including phenoxy) is 1. The number of hydrogen-bond donors (Lipinski definition) is 2. The van der Waals surface area contributed by atoms with E-state index in [1.54, 1.807) is 0 Å². The Bertz CT molecular complexity index is 782. The van der Waals surface area contributed by atoms with Crippen LogP contribution in [0.5, 0.6) is 6.01 Å². The van der Waals surface area contributed by atoms with Crippen LogP contribution in [-0.4, -0.2) is 28.2 Å². The third kappa shape index (κ3) is 3.00. The van der Waals surface area contributed by atoms with Crippen LogP contribution in [0, 0.1) is 0 Å². The SMILES string of the molecule is COc1n[nH]c(NC(=O)Cc2ccc3ccccc3c2)n1. The molecule has 0 atom stereocenters. The van der Waals surface area contributed by atoms with Crippen molar-refractivity contribution in [2.24, 2.45) is 0 Å². The van der Waals surface area contributed by atoms with Crippen molar-refractivity contribution >= 4 is 22.6 Å². The van der Waals surface area contributed by atoms with Gasteiger partial charge in [-0.2, -0.15) is 4.98 Å². The molecule has 0 aliphatic heterocycles. The topological polar surface area (TPSA) is 79.9 Å². The molecule has 6 heteroatoms. The van der Waals surface area contributed by atoms with E-state index >= 15 is 0 Å². The Morgan fingerprint density at radius 1 is 1.24 bits per heavy atom. The van der Waals surface area contributed by atoms with Gasteiger partial charge in [0.25, 0.3) is 0 Å². The van der Waals surface area contributed by atoms with Crippen LogP contribution in [0.15, 0.2) is 42.5 Å². The summed E-state index contributed by atoms with van der Waals surface area (Å²) >= 11 is 0. The molecule has 0 unspecified atom stereocenters. The van der Waals surface area contributed by atoms with Crippen molar-refractivity contribution in [3.8, 4) is 6.01 Å². The molecule has 0 aliphatic rings. The zero-order chi connectivity index (χ0) is 14.7. The molecule has 3 aromatic rings. The van der Waals surface area contributed by atoms with E-state index < -0.39 is 0 Å². The van der Waals surface area contributed by atoms with Gasteiger partial charge in [-0.3, -0.25) is 10.1 Å². The van der Waals surface area contributed by atoms with Crippen molar-refractivity contribution in [2.75, 3.05) is 12.4 Å². The molecule has 2 aromatic carbocycles. The Balaban J connectivity index is 1.70. The predicted molar refractivity (Wildman–Crippen MR) is 79.2 cm³/mol. The summed E-state index contributed by atoms with van der Waals surface area (Å²) in [5.74, 6) is 0.113. The van der Waals surface area contributed by atoms with E-state index in [2.05, 4.69) is 20.5 Å². The molecule has 0 aliphatic carbocycles. The lowest BCUT2D eigenvalue weighted by Crippen LogP contribution is -2.15. The van der Waals surface area contributed by atoms with Gasteiger partial charge in [0.1, 0.15) is 0 Å². The highest BCUT2D eigenvalue weighted by atomic mass is 16.5. The minimum absolute atomic E-state index is 0.163. The number of carbonyl (C=O) groups is 1. The first-order chi connectivity index (χ1) is 10.2. The number of benzene rings is 2. The zero-order valence-electron chi connectivity index (χ0n) is 11.5. The number of methoxy groups -OCH3 is 1. The van der Waals surface area contributed by atoms with E-state index in [1.807, 2.05) is 42.5 Å². The Hall–Kier alpha value is -2.89. The molecular formula is C15H14N4O2. The molecule has 0 radical (unpaired) electrons. The summed E-state index contributed by atoms with van der Waals surface area (Å²) in [6, 6.07) is 14.2. The number of amides is 1. The van der Waals surface area contributed by atoms with Crippen LogP contribution in [0.4, 0.5) is 5.95 Å². The van der Waals surface area contributed by atoms with E-state index in [9.17, 15) is 4.79 Å².